The number of hydrogen-bond donors (Lipinski definition) is 0. The second-order valence-corrected chi connectivity index (χ2v) is 40.4. The molecule has 0 bridgehead atoms. The zero-order chi connectivity index (χ0) is 81.5. The van der Waals surface area contributed by atoms with Crippen LogP contribution in [0.15, 0.2) is 204 Å². The SMILES string of the molecule is CC(C)c1cccc(C(C)C)c1N=C([N-]c1c(C(C)C)cccc1C(C)C)N(C1CCCCC1)C1CCCCC1.CC(C)c1cccc(C(C)C)c1N=C([N-]c1c(C(C)C)cccc1C(C)C)N(C1CCCCC1)C1CCCCC1.CCCCCC.[In+].[In].[Pt].c1ccc(P(CCP(c2ccccc2)c2ccccc2)c2ccccc2)cc1. The Bertz CT molecular complexity index is 3630. The Morgan fingerprint density at radius 3 is 0.684 bits per heavy atom. The van der Waals surface area contributed by atoms with Gasteiger partial charge in [-0.15, -0.1) is 0 Å². The first-order valence-corrected chi connectivity index (χ1v) is 48.7. The van der Waals surface area contributed by atoms with E-state index in [-0.39, 0.29) is 88.6 Å². The van der Waals surface area contributed by atoms with E-state index < -0.39 is 0 Å². The van der Waals surface area contributed by atoms with Gasteiger partial charge in [-0.1, -0.05) is 421 Å². The number of guanidine groups is 2. The minimum Gasteiger partial charge on any atom is -0.420 e. The van der Waals surface area contributed by atoms with Crippen molar-refractivity contribution in [2.24, 2.45) is 9.98 Å². The van der Waals surface area contributed by atoms with Gasteiger partial charge in [0, 0.05) is 58.8 Å². The van der Waals surface area contributed by atoms with Crippen molar-refractivity contribution in [3.8, 4) is 0 Å². The fourth-order valence-corrected chi connectivity index (χ4v) is 23.2. The van der Waals surface area contributed by atoms with Gasteiger partial charge in [0.25, 0.3) is 0 Å². The number of benzene rings is 8. The van der Waals surface area contributed by atoms with Crippen LogP contribution in [-0.4, -0.2) is 110 Å². The second kappa shape index (κ2) is 53.6. The van der Waals surface area contributed by atoms with Gasteiger partial charge < -0.3 is 30.4 Å². The fourth-order valence-electron chi connectivity index (χ4n) is 17.9. The molecule has 0 aliphatic heterocycles. The van der Waals surface area contributed by atoms with Crippen molar-refractivity contribution in [3.05, 3.63) is 249 Å². The van der Waals surface area contributed by atoms with Gasteiger partial charge in [-0.2, -0.15) is 0 Å². The fraction of sp³-hybridized carbons (Fsp3) is 0.528. The standard InChI is InChI=1S/2C37H56N3.C26H24P2.C6H14.2In.Pt/c2*1-25(2)31-21-15-22-32(26(3)4)35(31)38-37(39-36-33(27(5)6)23-16-24-34(36)28(7)8)40(29-17-11-9-12-18-29)30-19-13-10-14-20-30;1-5-13-23(14-6-1)27(24-15-7-2-8-16-24)21-22-28(25-17-9-3-10-18-25)26-19-11-4-12-20-26;1-3-5-6-4-2;;;/h2*15-16,21-30H,9-14,17-20H2,1-8H3;1-20H,21-22H2;3-6H2,1-2H3;;;/q2*-1;;;;+1;. The number of nitrogens with zero attached hydrogens (tertiary/aromatic N) is 6. The van der Waals surface area contributed by atoms with E-state index in [1.165, 1.54) is 232 Å². The van der Waals surface area contributed by atoms with E-state index in [9.17, 15) is 0 Å². The number of para-hydroxylation sites is 4. The molecule has 0 atom stereocenters. The molecule has 0 aromatic heterocycles. The normalized spacial score (nSPS) is 15.3. The number of aliphatic imine (C=N–C) groups is 2. The van der Waals surface area contributed by atoms with E-state index in [0.29, 0.717) is 71.5 Å². The van der Waals surface area contributed by atoms with Crippen LogP contribution in [-0.2, 0) is 21.1 Å². The maximum absolute atomic E-state index is 5.72. The summed E-state index contributed by atoms with van der Waals surface area (Å²) in [6, 6.07) is 73.6. The molecular formula is C106H150In2N6P2Pt-. The molecule has 0 heterocycles. The summed E-state index contributed by atoms with van der Waals surface area (Å²) in [7, 11) is -0.696. The molecule has 0 amide bonds. The van der Waals surface area contributed by atoms with Crippen LogP contribution in [0.5, 0.6) is 0 Å². The minimum atomic E-state index is -0.348. The molecule has 0 saturated heterocycles. The van der Waals surface area contributed by atoms with Crippen LogP contribution in [0.1, 0.15) is 371 Å². The van der Waals surface area contributed by atoms with Crippen molar-refractivity contribution >= 4 is 123 Å². The molecule has 0 N–H and O–H groups in total. The molecule has 5 radical (unpaired) electrons. The molecule has 0 unspecified atom stereocenters. The van der Waals surface area contributed by atoms with E-state index in [1.54, 1.807) is 0 Å². The first kappa shape index (κ1) is 101. The first-order valence-electron chi connectivity index (χ1n) is 45.6. The Morgan fingerprint density at radius 1 is 0.299 bits per heavy atom. The van der Waals surface area contributed by atoms with Crippen LogP contribution >= 0.6 is 15.8 Å². The Balaban J connectivity index is 0.000000263. The molecule has 0 spiro atoms. The van der Waals surface area contributed by atoms with Gasteiger partial charge in [0.15, 0.2) is 0 Å². The smallest absolute Gasteiger partial charge is 0.420 e. The van der Waals surface area contributed by atoms with Gasteiger partial charge in [-0.3, -0.25) is 0 Å². The van der Waals surface area contributed by atoms with Crippen LogP contribution in [0, 0.1) is 0 Å². The summed E-state index contributed by atoms with van der Waals surface area (Å²) in [5.74, 6) is 5.22. The number of hydrogen-bond acceptors (Lipinski definition) is 2. The van der Waals surface area contributed by atoms with E-state index >= 15 is 0 Å². The second-order valence-electron chi connectivity index (χ2n) is 35.8. The number of rotatable bonds is 26. The molecule has 6 nitrogen and oxygen atoms in total. The molecular weight excluding hydrogens is 1840 g/mol. The summed E-state index contributed by atoms with van der Waals surface area (Å²) >= 11 is 0. The van der Waals surface area contributed by atoms with Gasteiger partial charge >= 0.3 is 25.8 Å². The third-order valence-electron chi connectivity index (χ3n) is 24.3. The van der Waals surface area contributed by atoms with E-state index in [1.807, 2.05) is 0 Å². The van der Waals surface area contributed by atoms with Crippen molar-refractivity contribution in [1.29, 1.82) is 0 Å². The third-order valence-corrected chi connectivity index (χ3v) is 29.7. The van der Waals surface area contributed by atoms with E-state index in [0.717, 1.165) is 34.7 Å². The van der Waals surface area contributed by atoms with Crippen LogP contribution in [0.2, 0.25) is 0 Å². The van der Waals surface area contributed by atoms with Crippen LogP contribution in [0.4, 0.5) is 22.7 Å². The van der Waals surface area contributed by atoms with Gasteiger partial charge in [-0.05, 0) is 240 Å². The molecule has 8 aromatic rings. The Morgan fingerprint density at radius 2 is 0.496 bits per heavy atom. The maximum atomic E-state index is 5.72. The van der Waals surface area contributed by atoms with Crippen LogP contribution in [0.25, 0.3) is 10.6 Å². The van der Waals surface area contributed by atoms with Crippen molar-refractivity contribution < 1.29 is 21.1 Å². The summed E-state index contributed by atoms with van der Waals surface area (Å²) in [6.07, 6.45) is 34.0. The zero-order valence-electron chi connectivity index (χ0n) is 75.8. The molecule has 11 heteroatoms. The van der Waals surface area contributed by atoms with Crippen molar-refractivity contribution in [2.45, 2.75) is 350 Å². The Kier molecular flexibility index (Phi) is 46.4. The molecule has 631 valence electrons. The molecule has 4 fully saturated rings. The predicted octanol–water partition coefficient (Wildman–Crippen LogP) is 30.8. The summed E-state index contributed by atoms with van der Waals surface area (Å²) < 4.78 is 0. The van der Waals surface area contributed by atoms with Crippen molar-refractivity contribution in [1.82, 2.24) is 9.80 Å². The molecule has 12 rings (SSSR count). The molecule has 117 heavy (non-hydrogen) atoms. The first-order chi connectivity index (χ1) is 55.2. The molecule has 4 saturated carbocycles. The summed E-state index contributed by atoms with van der Waals surface area (Å²) in [5, 5.41) is 17.3. The summed E-state index contributed by atoms with van der Waals surface area (Å²) in [6.45, 7) is 41.4. The summed E-state index contributed by atoms with van der Waals surface area (Å²) in [5.41, 5.74) is 15.4. The zero-order valence-corrected chi connectivity index (χ0v) is 86.5. The molecule has 8 aromatic carbocycles. The van der Waals surface area contributed by atoms with Gasteiger partial charge in [0.1, 0.15) is 0 Å². The van der Waals surface area contributed by atoms with Crippen LogP contribution < -0.4 is 21.2 Å². The predicted molar refractivity (Wildman–Crippen MR) is 519 cm³/mol. The molecule has 4 aliphatic rings. The van der Waals surface area contributed by atoms with Crippen molar-refractivity contribution in [3.63, 3.8) is 0 Å². The minimum absolute atomic E-state index is 0. The third kappa shape index (κ3) is 29.9. The van der Waals surface area contributed by atoms with Gasteiger partial charge in [-0.25, -0.2) is 0 Å². The summed E-state index contributed by atoms with van der Waals surface area (Å²) in [4.78, 5) is 16.9. The van der Waals surface area contributed by atoms with E-state index in [2.05, 4.69) is 329 Å². The average Bonchev–Trinajstić information content (AvgIpc) is 0.783. The quantitative estimate of drug-likeness (QED) is 0.0235. The topological polar surface area (TPSA) is 59.4 Å². The average molecular weight is 2000 g/mol. The Hall–Kier alpha value is -4.41. The monoisotopic (exact) mass is 1990 g/mol. The van der Waals surface area contributed by atoms with Crippen molar-refractivity contribution in [2.75, 3.05) is 12.3 Å². The van der Waals surface area contributed by atoms with Crippen LogP contribution in [0.3, 0.4) is 0 Å². The largest absolute Gasteiger partial charge is 1.00 e. The maximum Gasteiger partial charge on any atom is 1.00 e. The van der Waals surface area contributed by atoms with Gasteiger partial charge in [0.2, 0.25) is 0 Å². The Labute approximate surface area is 769 Å². The van der Waals surface area contributed by atoms with Gasteiger partial charge in [0.05, 0.1) is 0 Å². The van der Waals surface area contributed by atoms with E-state index in [4.69, 9.17) is 20.6 Å². The number of unbranched alkanes of at least 4 members (excludes halogenated alkanes) is 3. The molecule has 4 aliphatic carbocycles.